The molecule has 0 saturated carbocycles. The van der Waals surface area contributed by atoms with Crippen molar-refractivity contribution in [3.63, 3.8) is 0 Å². The van der Waals surface area contributed by atoms with Crippen LogP contribution in [0, 0.1) is 6.92 Å². The Morgan fingerprint density at radius 1 is 0.636 bits per heavy atom. The average Bonchev–Trinajstić information content (AvgIpc) is 2.59. The van der Waals surface area contributed by atoms with Crippen molar-refractivity contribution in [2.45, 2.75) is 13.0 Å². The van der Waals surface area contributed by atoms with Crippen LogP contribution in [0.25, 0.3) is 0 Å². The highest BCUT2D eigenvalue weighted by Gasteiger charge is 2.12. The van der Waals surface area contributed by atoms with Crippen LogP contribution in [-0.2, 0) is 0 Å². The molecule has 0 fully saturated rings. The van der Waals surface area contributed by atoms with Gasteiger partial charge in [-0.25, -0.2) is 0 Å². The Hall–Kier alpha value is -2.74. The maximum atomic E-state index is 4.62. The van der Waals surface area contributed by atoms with Gasteiger partial charge < -0.3 is 0 Å². The highest BCUT2D eigenvalue weighted by Crippen LogP contribution is 2.28. The summed E-state index contributed by atoms with van der Waals surface area (Å²) in [5.41, 5.74) is 4.34. The van der Waals surface area contributed by atoms with Crippen molar-refractivity contribution in [1.82, 2.24) is 0 Å². The van der Waals surface area contributed by atoms with Crippen LogP contribution in [0.2, 0.25) is 0 Å². The highest BCUT2D eigenvalue weighted by atomic mass is 15.1. The van der Waals surface area contributed by atoms with Gasteiger partial charge in [0.25, 0.3) is 0 Å². The number of rotatable bonds is 4. The van der Waals surface area contributed by atoms with Crippen LogP contribution >= 0.6 is 0 Å². The van der Waals surface area contributed by atoms with Gasteiger partial charge in [0.2, 0.25) is 0 Å². The molecule has 0 unspecified atom stereocenters. The van der Waals surface area contributed by atoms with Gasteiger partial charge in [-0.05, 0) is 29.7 Å². The molecule has 2 heteroatoms. The van der Waals surface area contributed by atoms with E-state index in [0.29, 0.717) is 0 Å². The van der Waals surface area contributed by atoms with E-state index in [1.165, 1.54) is 0 Å². The van der Waals surface area contributed by atoms with Crippen LogP contribution in [-0.4, -0.2) is 0 Å². The minimum Gasteiger partial charge on any atom is -0.176 e. The lowest BCUT2D eigenvalue weighted by Gasteiger charge is -2.12. The zero-order chi connectivity index (χ0) is 15.2. The lowest BCUT2D eigenvalue weighted by Crippen LogP contribution is -1.96. The molecule has 3 rings (SSSR count). The summed E-state index contributed by atoms with van der Waals surface area (Å²) in [6, 6.07) is 28.5. The Bertz CT molecular complexity index is 709. The molecule has 2 nitrogen and oxygen atoms in total. The third-order valence-corrected chi connectivity index (χ3v) is 3.63. The van der Waals surface area contributed by atoms with Crippen LogP contribution < -0.4 is 0 Å². The molecule has 3 aromatic rings. The van der Waals surface area contributed by atoms with Crippen molar-refractivity contribution < 1.29 is 0 Å². The van der Waals surface area contributed by atoms with Gasteiger partial charge in [-0.15, -0.1) is 0 Å². The van der Waals surface area contributed by atoms with E-state index in [1.54, 1.807) is 0 Å². The molecular weight excluding hydrogens is 268 g/mol. The molecule has 0 N–H and O–H groups in total. The Morgan fingerprint density at radius 3 is 1.68 bits per heavy atom. The summed E-state index contributed by atoms with van der Waals surface area (Å²) in [5.74, 6) is 0. The summed E-state index contributed by atoms with van der Waals surface area (Å²) in [5, 5.41) is 9.10. The molecule has 108 valence electrons. The quantitative estimate of drug-likeness (QED) is 0.536. The highest BCUT2D eigenvalue weighted by molar-refractivity contribution is 5.44. The summed E-state index contributed by atoms with van der Waals surface area (Å²) < 4.78 is 0. The summed E-state index contributed by atoms with van der Waals surface area (Å²) in [4.78, 5) is 0. The van der Waals surface area contributed by atoms with E-state index in [1.807, 2.05) is 67.6 Å². The number of hydrogen-bond donors (Lipinski definition) is 0. The van der Waals surface area contributed by atoms with E-state index < -0.39 is 0 Å². The number of benzene rings is 3. The van der Waals surface area contributed by atoms with Gasteiger partial charge >= 0.3 is 0 Å². The number of nitrogens with zero attached hydrogens (tertiary/aromatic N) is 2. The topological polar surface area (TPSA) is 24.7 Å². The third kappa shape index (κ3) is 3.29. The minimum absolute atomic E-state index is 0.0815. The molecule has 0 amide bonds. The Morgan fingerprint density at radius 2 is 1.14 bits per heavy atom. The molecule has 0 spiro atoms. The van der Waals surface area contributed by atoms with Gasteiger partial charge in [-0.1, -0.05) is 78.9 Å². The standard InChI is InChI=1S/C20H18N2/c1-16-10-8-9-15-19(16)21-22-20(17-11-4-2-5-12-17)18-13-6-3-7-14-18/h2-15,20H,1H3. The van der Waals surface area contributed by atoms with Crippen molar-refractivity contribution >= 4 is 5.69 Å². The van der Waals surface area contributed by atoms with Crippen molar-refractivity contribution in [2.24, 2.45) is 10.2 Å². The molecule has 0 saturated heterocycles. The van der Waals surface area contributed by atoms with E-state index in [9.17, 15) is 0 Å². The van der Waals surface area contributed by atoms with Crippen molar-refractivity contribution in [3.8, 4) is 0 Å². The minimum atomic E-state index is -0.0815. The zero-order valence-corrected chi connectivity index (χ0v) is 12.6. The summed E-state index contributed by atoms with van der Waals surface area (Å²) in [6.07, 6.45) is 0. The second kappa shape index (κ2) is 6.81. The summed E-state index contributed by atoms with van der Waals surface area (Å²) >= 11 is 0. The molecule has 22 heavy (non-hydrogen) atoms. The monoisotopic (exact) mass is 286 g/mol. The maximum Gasteiger partial charge on any atom is 0.121 e. The lowest BCUT2D eigenvalue weighted by atomic mass is 10.00. The van der Waals surface area contributed by atoms with Gasteiger partial charge in [-0.2, -0.15) is 10.2 Å². The predicted octanol–water partition coefficient (Wildman–Crippen LogP) is 5.87. The van der Waals surface area contributed by atoms with E-state index in [-0.39, 0.29) is 6.04 Å². The van der Waals surface area contributed by atoms with E-state index >= 15 is 0 Å². The second-order valence-electron chi connectivity index (χ2n) is 5.23. The molecule has 0 aliphatic rings. The fourth-order valence-electron chi connectivity index (χ4n) is 2.39. The zero-order valence-electron chi connectivity index (χ0n) is 12.6. The van der Waals surface area contributed by atoms with Crippen LogP contribution in [0.4, 0.5) is 5.69 Å². The molecule has 0 aliphatic heterocycles. The van der Waals surface area contributed by atoms with Crippen molar-refractivity contribution in [1.29, 1.82) is 0 Å². The first-order valence-corrected chi connectivity index (χ1v) is 7.41. The van der Waals surface area contributed by atoms with E-state index in [4.69, 9.17) is 0 Å². The fraction of sp³-hybridized carbons (Fsp3) is 0.100. The van der Waals surface area contributed by atoms with Gasteiger partial charge in [0.1, 0.15) is 6.04 Å². The number of aryl methyl sites for hydroxylation is 1. The van der Waals surface area contributed by atoms with Crippen LogP contribution in [0.5, 0.6) is 0 Å². The van der Waals surface area contributed by atoms with Gasteiger partial charge in [0, 0.05) is 0 Å². The van der Waals surface area contributed by atoms with Gasteiger partial charge in [0.05, 0.1) is 5.69 Å². The Kier molecular flexibility index (Phi) is 4.40. The Balaban J connectivity index is 1.98. The van der Waals surface area contributed by atoms with Crippen LogP contribution in [0.15, 0.2) is 95.2 Å². The third-order valence-electron chi connectivity index (χ3n) is 3.63. The van der Waals surface area contributed by atoms with Crippen molar-refractivity contribution in [3.05, 3.63) is 102 Å². The normalized spacial score (nSPS) is 11.2. The number of azo groups is 1. The first-order valence-electron chi connectivity index (χ1n) is 7.41. The molecule has 3 aromatic carbocycles. The van der Waals surface area contributed by atoms with Crippen LogP contribution in [0.3, 0.4) is 0 Å². The average molecular weight is 286 g/mol. The largest absolute Gasteiger partial charge is 0.176 e. The maximum absolute atomic E-state index is 4.62. The summed E-state index contributed by atoms with van der Waals surface area (Å²) in [7, 11) is 0. The smallest absolute Gasteiger partial charge is 0.121 e. The molecule has 0 radical (unpaired) electrons. The molecule has 0 aromatic heterocycles. The summed E-state index contributed by atoms with van der Waals surface area (Å²) in [6.45, 7) is 2.05. The molecule has 0 aliphatic carbocycles. The van der Waals surface area contributed by atoms with Crippen LogP contribution in [0.1, 0.15) is 22.7 Å². The molecular formula is C20H18N2. The first kappa shape index (κ1) is 14.2. The van der Waals surface area contributed by atoms with E-state index in [0.717, 1.165) is 22.4 Å². The van der Waals surface area contributed by atoms with Gasteiger partial charge in [-0.3, -0.25) is 0 Å². The predicted molar refractivity (Wildman–Crippen MR) is 90.4 cm³/mol. The van der Waals surface area contributed by atoms with E-state index in [2.05, 4.69) is 34.5 Å². The molecule has 0 atom stereocenters. The number of hydrogen-bond acceptors (Lipinski definition) is 2. The molecule has 0 bridgehead atoms. The first-order chi connectivity index (χ1) is 10.8. The van der Waals surface area contributed by atoms with Crippen molar-refractivity contribution in [2.75, 3.05) is 0 Å². The lowest BCUT2D eigenvalue weighted by molar-refractivity contribution is 0.808. The van der Waals surface area contributed by atoms with Gasteiger partial charge in [0.15, 0.2) is 0 Å². The second-order valence-corrected chi connectivity index (χ2v) is 5.23. The molecule has 0 heterocycles. The SMILES string of the molecule is Cc1ccccc1N=NC(c1ccccc1)c1ccccc1. The fourth-order valence-corrected chi connectivity index (χ4v) is 2.39. The Labute approximate surface area is 131 Å².